The number of piperazine rings is 1. The molecule has 0 saturated carbocycles. The second-order valence-electron chi connectivity index (χ2n) is 6.87. The first-order valence-corrected chi connectivity index (χ1v) is 10.1. The summed E-state index contributed by atoms with van der Waals surface area (Å²) in [5.74, 6) is 2.60. The summed E-state index contributed by atoms with van der Waals surface area (Å²) >= 11 is 0. The maximum Gasteiger partial charge on any atom is 0.224 e. The number of hydrogen-bond acceptors (Lipinski definition) is 4. The molecule has 28 heavy (non-hydrogen) atoms. The van der Waals surface area contributed by atoms with E-state index < -0.39 is 0 Å². The number of nitrogens with one attached hydrogen (secondary N) is 2. The molecule has 0 spiro atoms. The summed E-state index contributed by atoms with van der Waals surface area (Å²) in [5, 5.41) is 6.60. The maximum absolute atomic E-state index is 12.5. The SMILES string of the molecule is CCC(CC)CNC(=NC)NCCC(=O)N1CCN(c2ccccn2)CC1.I. The van der Waals surface area contributed by atoms with E-state index in [9.17, 15) is 4.79 Å². The Morgan fingerprint density at radius 1 is 1.18 bits per heavy atom. The number of aromatic nitrogens is 1. The zero-order valence-electron chi connectivity index (χ0n) is 17.4. The molecular weight excluding hydrogens is 467 g/mol. The van der Waals surface area contributed by atoms with Crippen molar-refractivity contribution in [1.82, 2.24) is 20.5 Å². The molecule has 0 bridgehead atoms. The van der Waals surface area contributed by atoms with Gasteiger partial charge in [0.2, 0.25) is 5.91 Å². The Hall–Kier alpha value is -1.58. The number of amides is 1. The Bertz CT molecular complexity index is 586. The Balaban J connectivity index is 0.00000392. The van der Waals surface area contributed by atoms with Gasteiger partial charge in [0.15, 0.2) is 5.96 Å². The fourth-order valence-electron chi connectivity index (χ4n) is 3.21. The summed E-state index contributed by atoms with van der Waals surface area (Å²) in [6.45, 7) is 9.08. The molecular formula is C20H35IN6O. The number of guanidine groups is 1. The average molecular weight is 502 g/mol. The van der Waals surface area contributed by atoms with Gasteiger partial charge < -0.3 is 20.4 Å². The minimum atomic E-state index is 0. The van der Waals surface area contributed by atoms with Gasteiger partial charge in [-0.05, 0) is 18.1 Å². The van der Waals surface area contributed by atoms with E-state index >= 15 is 0 Å². The molecule has 2 rings (SSSR count). The van der Waals surface area contributed by atoms with Crippen molar-refractivity contribution in [3.8, 4) is 0 Å². The molecule has 8 heteroatoms. The van der Waals surface area contributed by atoms with Gasteiger partial charge in [-0.1, -0.05) is 32.8 Å². The summed E-state index contributed by atoms with van der Waals surface area (Å²) in [7, 11) is 1.76. The van der Waals surface area contributed by atoms with Gasteiger partial charge in [0.25, 0.3) is 0 Å². The summed E-state index contributed by atoms with van der Waals surface area (Å²) in [6.07, 6.45) is 4.60. The zero-order valence-corrected chi connectivity index (χ0v) is 19.7. The van der Waals surface area contributed by atoms with Crippen LogP contribution in [0, 0.1) is 5.92 Å². The van der Waals surface area contributed by atoms with Gasteiger partial charge in [-0.15, -0.1) is 24.0 Å². The number of hydrogen-bond donors (Lipinski definition) is 2. The van der Waals surface area contributed by atoms with Crippen LogP contribution in [0.5, 0.6) is 0 Å². The predicted molar refractivity (Wildman–Crippen MR) is 126 cm³/mol. The molecule has 0 radical (unpaired) electrons. The molecule has 0 aromatic carbocycles. The second-order valence-corrected chi connectivity index (χ2v) is 6.87. The molecule has 1 aromatic heterocycles. The van der Waals surface area contributed by atoms with E-state index in [2.05, 4.69) is 39.4 Å². The van der Waals surface area contributed by atoms with Crippen LogP contribution in [0.25, 0.3) is 0 Å². The normalized spacial score (nSPS) is 14.6. The molecule has 158 valence electrons. The Morgan fingerprint density at radius 3 is 2.46 bits per heavy atom. The van der Waals surface area contributed by atoms with Crippen molar-refractivity contribution in [2.24, 2.45) is 10.9 Å². The molecule has 7 nitrogen and oxygen atoms in total. The fraction of sp³-hybridized carbons (Fsp3) is 0.650. The lowest BCUT2D eigenvalue weighted by Gasteiger charge is -2.35. The van der Waals surface area contributed by atoms with E-state index in [0.717, 1.165) is 57.3 Å². The number of rotatable bonds is 8. The van der Waals surface area contributed by atoms with Crippen molar-refractivity contribution in [2.45, 2.75) is 33.1 Å². The minimum absolute atomic E-state index is 0. The van der Waals surface area contributed by atoms with Gasteiger partial charge >= 0.3 is 0 Å². The minimum Gasteiger partial charge on any atom is -0.356 e. The molecule has 0 atom stereocenters. The van der Waals surface area contributed by atoms with Crippen LogP contribution in [0.3, 0.4) is 0 Å². The number of carbonyl (C=O) groups excluding carboxylic acids is 1. The van der Waals surface area contributed by atoms with E-state index in [1.807, 2.05) is 29.3 Å². The number of aliphatic imine (C=N–C) groups is 1. The molecule has 2 heterocycles. The third-order valence-electron chi connectivity index (χ3n) is 5.17. The monoisotopic (exact) mass is 502 g/mol. The topological polar surface area (TPSA) is 72.9 Å². The first-order valence-electron chi connectivity index (χ1n) is 10.1. The van der Waals surface area contributed by atoms with E-state index in [1.54, 1.807) is 7.05 Å². The highest BCUT2D eigenvalue weighted by molar-refractivity contribution is 14.0. The Morgan fingerprint density at radius 2 is 1.89 bits per heavy atom. The van der Waals surface area contributed by atoms with Crippen LogP contribution in [0.4, 0.5) is 5.82 Å². The smallest absolute Gasteiger partial charge is 0.224 e. The number of anilines is 1. The molecule has 0 aliphatic carbocycles. The van der Waals surface area contributed by atoms with Crippen molar-refractivity contribution in [2.75, 3.05) is 51.2 Å². The van der Waals surface area contributed by atoms with Crippen LogP contribution < -0.4 is 15.5 Å². The molecule has 1 fully saturated rings. The van der Waals surface area contributed by atoms with Crippen molar-refractivity contribution in [1.29, 1.82) is 0 Å². The molecule has 1 aliphatic heterocycles. The highest BCUT2D eigenvalue weighted by atomic mass is 127. The third kappa shape index (κ3) is 7.81. The summed E-state index contributed by atoms with van der Waals surface area (Å²) in [6, 6.07) is 5.93. The number of halogens is 1. The first kappa shape index (κ1) is 24.5. The second kappa shape index (κ2) is 13.6. The van der Waals surface area contributed by atoms with Crippen molar-refractivity contribution in [3.63, 3.8) is 0 Å². The molecule has 1 aromatic rings. The molecule has 2 N–H and O–H groups in total. The lowest BCUT2D eigenvalue weighted by atomic mass is 10.0. The standard InChI is InChI=1S/C20H34N6O.HI/c1-4-17(5-2)16-24-20(21-3)23-11-9-19(27)26-14-12-25(13-15-26)18-8-6-7-10-22-18;/h6-8,10,17H,4-5,9,11-16H2,1-3H3,(H2,21,23,24);1H. The van der Waals surface area contributed by atoms with Gasteiger partial charge in [-0.2, -0.15) is 0 Å². The van der Waals surface area contributed by atoms with E-state index in [1.165, 1.54) is 0 Å². The van der Waals surface area contributed by atoms with E-state index in [0.29, 0.717) is 18.9 Å². The summed E-state index contributed by atoms with van der Waals surface area (Å²) in [4.78, 5) is 25.3. The van der Waals surface area contributed by atoms with Crippen LogP contribution in [0.15, 0.2) is 29.4 Å². The van der Waals surface area contributed by atoms with Crippen LogP contribution in [-0.4, -0.2) is 68.1 Å². The van der Waals surface area contributed by atoms with Gasteiger partial charge in [-0.3, -0.25) is 9.79 Å². The number of nitrogens with zero attached hydrogens (tertiary/aromatic N) is 4. The zero-order chi connectivity index (χ0) is 19.5. The average Bonchev–Trinajstić information content (AvgIpc) is 2.73. The summed E-state index contributed by atoms with van der Waals surface area (Å²) in [5.41, 5.74) is 0. The largest absolute Gasteiger partial charge is 0.356 e. The van der Waals surface area contributed by atoms with Crippen LogP contribution >= 0.6 is 24.0 Å². The molecule has 1 aliphatic rings. The first-order chi connectivity index (χ1) is 13.2. The highest BCUT2D eigenvalue weighted by Gasteiger charge is 2.21. The molecule has 0 unspecified atom stereocenters. The van der Waals surface area contributed by atoms with Crippen molar-refractivity contribution < 1.29 is 4.79 Å². The van der Waals surface area contributed by atoms with E-state index in [-0.39, 0.29) is 29.9 Å². The lowest BCUT2D eigenvalue weighted by molar-refractivity contribution is -0.131. The third-order valence-corrected chi connectivity index (χ3v) is 5.17. The van der Waals surface area contributed by atoms with Crippen molar-refractivity contribution >= 4 is 41.7 Å². The lowest BCUT2D eigenvalue weighted by Crippen LogP contribution is -2.49. The van der Waals surface area contributed by atoms with Crippen molar-refractivity contribution in [3.05, 3.63) is 24.4 Å². The molecule has 1 saturated heterocycles. The van der Waals surface area contributed by atoms with Gasteiger partial charge in [0.05, 0.1) is 0 Å². The van der Waals surface area contributed by atoms with Gasteiger partial charge in [0, 0.05) is 58.9 Å². The van der Waals surface area contributed by atoms with Crippen LogP contribution in [-0.2, 0) is 4.79 Å². The van der Waals surface area contributed by atoms with Gasteiger partial charge in [-0.25, -0.2) is 4.98 Å². The van der Waals surface area contributed by atoms with Crippen LogP contribution in [0.2, 0.25) is 0 Å². The Kier molecular flexibility index (Phi) is 11.9. The van der Waals surface area contributed by atoms with E-state index in [4.69, 9.17) is 0 Å². The quantitative estimate of drug-likeness (QED) is 0.325. The van der Waals surface area contributed by atoms with Gasteiger partial charge in [0.1, 0.15) is 5.82 Å². The summed E-state index contributed by atoms with van der Waals surface area (Å²) < 4.78 is 0. The van der Waals surface area contributed by atoms with Crippen LogP contribution in [0.1, 0.15) is 33.1 Å². The molecule has 1 amide bonds. The number of carbonyl (C=O) groups is 1. The fourth-order valence-corrected chi connectivity index (χ4v) is 3.21. The maximum atomic E-state index is 12.5. The Labute approximate surface area is 186 Å². The number of pyridine rings is 1. The predicted octanol–water partition coefficient (Wildman–Crippen LogP) is 2.34. The highest BCUT2D eigenvalue weighted by Crippen LogP contribution is 2.12.